The highest BCUT2D eigenvalue weighted by Gasteiger charge is 2.08. The Bertz CT molecular complexity index is 471. The van der Waals surface area contributed by atoms with E-state index in [1.54, 1.807) is 0 Å². The van der Waals surface area contributed by atoms with Gasteiger partial charge in [-0.15, -0.1) is 9.24 Å². The number of carbonyl (C=O) groups is 1. The van der Waals surface area contributed by atoms with Crippen LogP contribution in [0, 0.1) is 6.92 Å². The van der Waals surface area contributed by atoms with Gasteiger partial charge in [-0.2, -0.15) is 0 Å². The quantitative estimate of drug-likeness (QED) is 0.511. The Balaban J connectivity index is 2.83. The van der Waals surface area contributed by atoms with Crippen molar-refractivity contribution in [3.63, 3.8) is 0 Å². The number of aldehydes is 1. The maximum Gasteiger partial charge on any atom is 0.185 e. The van der Waals surface area contributed by atoms with Gasteiger partial charge in [-0.3, -0.25) is 4.79 Å². The average Bonchev–Trinajstić information content (AvgIpc) is 2.42. The van der Waals surface area contributed by atoms with Crippen molar-refractivity contribution in [3.05, 3.63) is 29.5 Å². The van der Waals surface area contributed by atoms with E-state index in [-0.39, 0.29) is 0 Å². The highest BCUT2D eigenvalue weighted by molar-refractivity contribution is 7.27. The molecule has 0 bridgehead atoms. The van der Waals surface area contributed by atoms with Crippen LogP contribution in [0.25, 0.3) is 11.0 Å². The van der Waals surface area contributed by atoms with Crippen molar-refractivity contribution in [1.29, 1.82) is 0 Å². The summed E-state index contributed by atoms with van der Waals surface area (Å²) in [6, 6.07) is 5.84. The predicted molar refractivity (Wildman–Crippen MR) is 55.7 cm³/mol. The van der Waals surface area contributed by atoms with E-state index in [4.69, 9.17) is 4.42 Å². The van der Waals surface area contributed by atoms with Crippen LogP contribution >= 0.6 is 9.24 Å². The van der Waals surface area contributed by atoms with Crippen molar-refractivity contribution in [2.75, 3.05) is 0 Å². The van der Waals surface area contributed by atoms with Crippen LogP contribution < -0.4 is 5.30 Å². The first kappa shape index (κ1) is 8.46. The highest BCUT2D eigenvalue weighted by Crippen LogP contribution is 2.23. The Morgan fingerprint density at radius 1 is 1.46 bits per heavy atom. The van der Waals surface area contributed by atoms with Gasteiger partial charge < -0.3 is 4.42 Å². The van der Waals surface area contributed by atoms with Gasteiger partial charge in [0.05, 0.1) is 0 Å². The fourth-order valence-corrected chi connectivity index (χ4v) is 1.62. The van der Waals surface area contributed by atoms with Crippen molar-refractivity contribution >= 4 is 31.8 Å². The van der Waals surface area contributed by atoms with Crippen LogP contribution in [0.1, 0.15) is 16.1 Å². The lowest BCUT2D eigenvalue weighted by Crippen LogP contribution is -1.85. The van der Waals surface area contributed by atoms with Crippen molar-refractivity contribution in [1.82, 2.24) is 0 Å². The van der Waals surface area contributed by atoms with Gasteiger partial charge in [-0.1, -0.05) is 12.1 Å². The summed E-state index contributed by atoms with van der Waals surface area (Å²) in [5, 5.41) is 2.06. The van der Waals surface area contributed by atoms with Crippen LogP contribution in [0.2, 0.25) is 0 Å². The van der Waals surface area contributed by atoms with Crippen LogP contribution in [0.3, 0.4) is 0 Å². The van der Waals surface area contributed by atoms with Crippen LogP contribution in [0.5, 0.6) is 0 Å². The fraction of sp³-hybridized carbons (Fsp3) is 0.100. The minimum atomic E-state index is 0.422. The molecule has 1 aromatic heterocycles. The summed E-state index contributed by atoms with van der Waals surface area (Å²) in [5.41, 5.74) is 1.68. The summed E-state index contributed by atoms with van der Waals surface area (Å²) in [4.78, 5) is 10.6. The highest BCUT2D eigenvalue weighted by atomic mass is 31.0. The molecule has 1 aromatic carbocycles. The number of carbonyl (C=O) groups excluding carboxylic acids is 1. The van der Waals surface area contributed by atoms with E-state index < -0.39 is 0 Å². The molecule has 0 radical (unpaired) electrons. The second-order valence-electron chi connectivity index (χ2n) is 2.96. The maximum atomic E-state index is 10.6. The topological polar surface area (TPSA) is 30.2 Å². The third-order valence-corrected chi connectivity index (χ3v) is 2.47. The van der Waals surface area contributed by atoms with Crippen LogP contribution in [-0.2, 0) is 0 Å². The fourth-order valence-electron chi connectivity index (χ4n) is 1.37. The zero-order chi connectivity index (χ0) is 9.42. The minimum Gasteiger partial charge on any atom is -0.453 e. The molecule has 2 rings (SSSR count). The molecule has 0 amide bonds. The second kappa shape index (κ2) is 2.97. The Labute approximate surface area is 78.1 Å². The van der Waals surface area contributed by atoms with E-state index in [0.717, 1.165) is 28.1 Å². The lowest BCUT2D eigenvalue weighted by atomic mass is 10.1. The third-order valence-electron chi connectivity index (χ3n) is 2.11. The number of hydrogen-bond acceptors (Lipinski definition) is 2. The summed E-state index contributed by atoms with van der Waals surface area (Å²) >= 11 is 0. The van der Waals surface area contributed by atoms with Crippen molar-refractivity contribution < 1.29 is 9.21 Å². The van der Waals surface area contributed by atoms with Gasteiger partial charge >= 0.3 is 0 Å². The van der Waals surface area contributed by atoms with Crippen LogP contribution in [0.4, 0.5) is 0 Å². The van der Waals surface area contributed by atoms with Crippen molar-refractivity contribution in [2.24, 2.45) is 0 Å². The number of benzene rings is 1. The first-order valence-electron chi connectivity index (χ1n) is 3.96. The number of rotatable bonds is 1. The van der Waals surface area contributed by atoms with Crippen LogP contribution in [-0.4, -0.2) is 6.29 Å². The van der Waals surface area contributed by atoms with Crippen LogP contribution in [0.15, 0.2) is 22.6 Å². The number of hydrogen-bond donors (Lipinski definition) is 0. The standard InChI is InChI=1S/C10H9O2P/c1-6-8-3-2-7(13)4-9(8)12-10(6)5-11/h2-5H,13H2,1H3. The Morgan fingerprint density at radius 3 is 2.92 bits per heavy atom. The van der Waals surface area contributed by atoms with Gasteiger partial charge in [0.2, 0.25) is 0 Å². The minimum absolute atomic E-state index is 0.422. The second-order valence-corrected chi connectivity index (χ2v) is 3.63. The summed E-state index contributed by atoms with van der Waals surface area (Å²) in [6.45, 7) is 1.89. The van der Waals surface area contributed by atoms with E-state index in [0.29, 0.717) is 5.76 Å². The van der Waals surface area contributed by atoms with Crippen molar-refractivity contribution in [3.8, 4) is 0 Å². The zero-order valence-electron chi connectivity index (χ0n) is 7.20. The molecule has 3 heteroatoms. The Kier molecular flexibility index (Phi) is 1.93. The van der Waals surface area contributed by atoms with Gasteiger partial charge in [-0.05, 0) is 18.3 Å². The number of furan rings is 1. The molecule has 2 nitrogen and oxygen atoms in total. The molecule has 0 fully saturated rings. The van der Waals surface area contributed by atoms with E-state index in [1.807, 2.05) is 25.1 Å². The van der Waals surface area contributed by atoms with Gasteiger partial charge in [0.15, 0.2) is 12.0 Å². The summed E-state index contributed by atoms with van der Waals surface area (Å²) in [6.07, 6.45) is 0.748. The maximum absolute atomic E-state index is 10.6. The summed E-state index contributed by atoms with van der Waals surface area (Å²) < 4.78 is 5.35. The summed E-state index contributed by atoms with van der Waals surface area (Å²) in [5.74, 6) is 0.422. The molecular weight excluding hydrogens is 183 g/mol. The average molecular weight is 192 g/mol. The van der Waals surface area contributed by atoms with Gasteiger partial charge in [0.25, 0.3) is 0 Å². The number of aryl methyl sites for hydroxylation is 1. The summed E-state index contributed by atoms with van der Waals surface area (Å²) in [7, 11) is 2.59. The molecule has 0 saturated heterocycles. The molecule has 1 heterocycles. The smallest absolute Gasteiger partial charge is 0.185 e. The molecule has 66 valence electrons. The van der Waals surface area contributed by atoms with E-state index in [2.05, 4.69) is 9.24 Å². The first-order valence-corrected chi connectivity index (χ1v) is 4.54. The zero-order valence-corrected chi connectivity index (χ0v) is 8.36. The molecular formula is C10H9O2P. The predicted octanol–water partition coefficient (Wildman–Crippen LogP) is 2.05. The van der Waals surface area contributed by atoms with E-state index in [1.165, 1.54) is 0 Å². The lowest BCUT2D eigenvalue weighted by molar-refractivity contribution is 0.110. The van der Waals surface area contributed by atoms with E-state index >= 15 is 0 Å². The first-order chi connectivity index (χ1) is 6.22. The Hall–Kier alpha value is -1.14. The molecule has 0 spiro atoms. The third kappa shape index (κ3) is 1.27. The molecule has 0 N–H and O–H groups in total. The molecule has 2 aromatic rings. The van der Waals surface area contributed by atoms with Gasteiger partial charge in [0, 0.05) is 10.9 Å². The van der Waals surface area contributed by atoms with Crippen molar-refractivity contribution in [2.45, 2.75) is 6.92 Å². The molecule has 13 heavy (non-hydrogen) atoms. The normalized spacial score (nSPS) is 10.6. The van der Waals surface area contributed by atoms with E-state index in [9.17, 15) is 4.79 Å². The lowest BCUT2D eigenvalue weighted by Gasteiger charge is -1.90. The van der Waals surface area contributed by atoms with Gasteiger partial charge in [-0.25, -0.2) is 0 Å². The molecule has 0 aliphatic heterocycles. The molecule has 0 aliphatic rings. The largest absolute Gasteiger partial charge is 0.453 e. The number of fused-ring (bicyclic) bond motifs is 1. The molecule has 0 aliphatic carbocycles. The molecule has 1 atom stereocenters. The SMILES string of the molecule is Cc1c(C=O)oc2cc(P)ccc12. The Morgan fingerprint density at radius 2 is 2.23 bits per heavy atom. The van der Waals surface area contributed by atoms with Gasteiger partial charge in [0.1, 0.15) is 5.58 Å². The monoisotopic (exact) mass is 192 g/mol. The molecule has 1 unspecified atom stereocenters. The molecule has 0 saturated carbocycles.